The van der Waals surface area contributed by atoms with Crippen LogP contribution in [0.1, 0.15) is 6.92 Å². The molecule has 0 aromatic heterocycles. The lowest BCUT2D eigenvalue weighted by atomic mass is 9.36. The SMILES string of the molecule is CC(B(c1ccccc1)c1ccccc1)N(C)C. The van der Waals surface area contributed by atoms with Gasteiger partial charge in [-0.3, -0.25) is 0 Å². The van der Waals surface area contributed by atoms with Gasteiger partial charge in [-0.2, -0.15) is 0 Å². The van der Waals surface area contributed by atoms with Crippen molar-refractivity contribution in [3.8, 4) is 0 Å². The first-order chi connectivity index (χ1) is 8.70. The Morgan fingerprint density at radius 1 is 0.778 bits per heavy atom. The van der Waals surface area contributed by atoms with Gasteiger partial charge < -0.3 is 4.90 Å². The van der Waals surface area contributed by atoms with Crippen LogP contribution >= 0.6 is 0 Å². The van der Waals surface area contributed by atoms with Crippen molar-refractivity contribution < 1.29 is 0 Å². The maximum atomic E-state index is 2.28. The zero-order valence-corrected chi connectivity index (χ0v) is 11.4. The second-order valence-corrected chi connectivity index (χ2v) is 5.00. The summed E-state index contributed by atoms with van der Waals surface area (Å²) < 4.78 is 0. The number of nitrogens with zero attached hydrogens (tertiary/aromatic N) is 1. The monoisotopic (exact) mass is 237 g/mol. The molecule has 0 radical (unpaired) electrons. The van der Waals surface area contributed by atoms with E-state index in [9.17, 15) is 0 Å². The first-order valence-electron chi connectivity index (χ1n) is 6.46. The molecular weight excluding hydrogens is 217 g/mol. The normalized spacial score (nSPS) is 12.4. The van der Waals surface area contributed by atoms with Crippen molar-refractivity contribution in [2.45, 2.75) is 12.9 Å². The predicted octanol–water partition coefficient (Wildman–Crippen LogP) is 1.78. The van der Waals surface area contributed by atoms with Crippen LogP contribution in [0.4, 0.5) is 0 Å². The Balaban J connectivity index is 2.42. The summed E-state index contributed by atoms with van der Waals surface area (Å²) >= 11 is 0. The summed E-state index contributed by atoms with van der Waals surface area (Å²) in [5.74, 6) is 0.467. The molecule has 18 heavy (non-hydrogen) atoms. The summed E-state index contributed by atoms with van der Waals surface area (Å²) in [6.45, 7) is 2.70. The van der Waals surface area contributed by atoms with E-state index in [0.29, 0.717) is 12.7 Å². The largest absolute Gasteiger partial charge is 0.313 e. The fraction of sp³-hybridized carbons (Fsp3) is 0.250. The molecule has 0 aliphatic carbocycles. The van der Waals surface area contributed by atoms with Gasteiger partial charge in [0.1, 0.15) is 0 Å². The van der Waals surface area contributed by atoms with Crippen molar-refractivity contribution in [2.24, 2.45) is 0 Å². The van der Waals surface area contributed by atoms with Gasteiger partial charge in [-0.05, 0) is 20.0 Å². The fourth-order valence-corrected chi connectivity index (χ4v) is 2.37. The minimum atomic E-state index is 0.419. The molecule has 2 aromatic rings. The minimum absolute atomic E-state index is 0.419. The Labute approximate surface area is 111 Å². The molecule has 2 rings (SSSR count). The third kappa shape index (κ3) is 2.83. The lowest BCUT2D eigenvalue weighted by molar-refractivity contribution is 0.390. The molecule has 0 amide bonds. The topological polar surface area (TPSA) is 3.24 Å². The summed E-state index contributed by atoms with van der Waals surface area (Å²) in [6, 6.07) is 21.5. The molecule has 2 heteroatoms. The Hall–Kier alpha value is -1.54. The van der Waals surface area contributed by atoms with E-state index in [0.717, 1.165) is 0 Å². The fourth-order valence-electron chi connectivity index (χ4n) is 2.37. The molecule has 0 spiro atoms. The summed E-state index contributed by atoms with van der Waals surface area (Å²) in [5, 5.41) is 0. The maximum Gasteiger partial charge on any atom is 0.226 e. The maximum absolute atomic E-state index is 2.28. The van der Waals surface area contributed by atoms with Crippen LogP contribution in [-0.4, -0.2) is 31.6 Å². The summed E-state index contributed by atoms with van der Waals surface area (Å²) in [5.41, 5.74) is 2.76. The van der Waals surface area contributed by atoms with Crippen molar-refractivity contribution in [1.29, 1.82) is 0 Å². The molecule has 0 aliphatic heterocycles. The van der Waals surface area contributed by atoms with Crippen LogP contribution in [0.5, 0.6) is 0 Å². The zero-order valence-electron chi connectivity index (χ0n) is 11.4. The van der Waals surface area contributed by atoms with Crippen molar-refractivity contribution in [1.82, 2.24) is 4.90 Å². The van der Waals surface area contributed by atoms with Crippen LogP contribution in [-0.2, 0) is 0 Å². The van der Waals surface area contributed by atoms with Gasteiger partial charge in [0.05, 0.1) is 0 Å². The van der Waals surface area contributed by atoms with E-state index in [2.05, 4.69) is 86.6 Å². The van der Waals surface area contributed by atoms with Crippen LogP contribution in [0.15, 0.2) is 60.7 Å². The molecule has 0 saturated carbocycles. The summed E-state index contributed by atoms with van der Waals surface area (Å²) in [7, 11) is 4.28. The summed E-state index contributed by atoms with van der Waals surface area (Å²) in [4.78, 5) is 2.28. The quantitative estimate of drug-likeness (QED) is 0.733. The Kier molecular flexibility index (Phi) is 4.21. The molecule has 0 heterocycles. The Morgan fingerprint density at radius 3 is 1.50 bits per heavy atom. The van der Waals surface area contributed by atoms with Crippen molar-refractivity contribution in [3.05, 3.63) is 60.7 Å². The van der Waals surface area contributed by atoms with Crippen molar-refractivity contribution in [3.63, 3.8) is 0 Å². The number of rotatable bonds is 4. The lowest BCUT2D eigenvalue weighted by Gasteiger charge is -2.27. The minimum Gasteiger partial charge on any atom is -0.313 e. The van der Waals surface area contributed by atoms with Gasteiger partial charge in [-0.1, -0.05) is 78.5 Å². The highest BCUT2D eigenvalue weighted by molar-refractivity contribution is 6.86. The molecule has 0 bridgehead atoms. The third-order valence-electron chi connectivity index (χ3n) is 3.61. The van der Waals surface area contributed by atoms with Crippen molar-refractivity contribution >= 4 is 17.6 Å². The number of hydrogen-bond donors (Lipinski definition) is 0. The highest BCUT2D eigenvalue weighted by Crippen LogP contribution is 2.02. The lowest BCUT2D eigenvalue weighted by Crippen LogP contribution is -2.55. The van der Waals surface area contributed by atoms with E-state index in [4.69, 9.17) is 0 Å². The molecule has 0 N–H and O–H groups in total. The molecule has 92 valence electrons. The molecule has 0 aliphatic rings. The molecule has 0 fully saturated rings. The van der Waals surface area contributed by atoms with Gasteiger partial charge in [0.2, 0.25) is 6.71 Å². The van der Waals surface area contributed by atoms with Crippen LogP contribution in [0.2, 0.25) is 0 Å². The van der Waals surface area contributed by atoms with Gasteiger partial charge in [0.15, 0.2) is 0 Å². The average molecular weight is 237 g/mol. The molecular formula is C16H20BN. The number of benzene rings is 2. The van der Waals surface area contributed by atoms with E-state index in [-0.39, 0.29) is 0 Å². The van der Waals surface area contributed by atoms with Gasteiger partial charge in [0.25, 0.3) is 0 Å². The van der Waals surface area contributed by atoms with Gasteiger partial charge in [-0.25, -0.2) is 0 Å². The first kappa shape index (κ1) is 12.9. The highest BCUT2D eigenvalue weighted by atomic mass is 15.1. The second kappa shape index (κ2) is 5.88. The average Bonchev–Trinajstić information content (AvgIpc) is 2.41. The molecule has 1 nitrogen and oxygen atoms in total. The van der Waals surface area contributed by atoms with E-state index >= 15 is 0 Å². The first-order valence-corrected chi connectivity index (χ1v) is 6.46. The third-order valence-corrected chi connectivity index (χ3v) is 3.61. The molecule has 1 atom stereocenters. The molecule has 2 aromatic carbocycles. The van der Waals surface area contributed by atoms with Crippen LogP contribution in [0.25, 0.3) is 0 Å². The van der Waals surface area contributed by atoms with E-state index in [1.54, 1.807) is 0 Å². The smallest absolute Gasteiger partial charge is 0.226 e. The number of hydrogen-bond acceptors (Lipinski definition) is 1. The van der Waals surface area contributed by atoms with Crippen LogP contribution < -0.4 is 10.9 Å². The van der Waals surface area contributed by atoms with E-state index < -0.39 is 0 Å². The summed E-state index contributed by atoms with van der Waals surface area (Å²) in [6.07, 6.45) is 0. The second-order valence-electron chi connectivity index (χ2n) is 5.00. The van der Waals surface area contributed by atoms with Crippen LogP contribution in [0.3, 0.4) is 0 Å². The van der Waals surface area contributed by atoms with Gasteiger partial charge in [-0.15, -0.1) is 0 Å². The standard InChI is InChI=1S/C16H20BN/c1-14(18(2)3)17(15-10-6-4-7-11-15)16-12-8-5-9-13-16/h4-14H,1-3H3. The molecule has 0 saturated heterocycles. The van der Waals surface area contributed by atoms with Gasteiger partial charge >= 0.3 is 0 Å². The Morgan fingerprint density at radius 2 is 1.17 bits per heavy atom. The van der Waals surface area contributed by atoms with E-state index in [1.807, 2.05) is 0 Å². The highest BCUT2D eigenvalue weighted by Gasteiger charge is 2.26. The van der Waals surface area contributed by atoms with Gasteiger partial charge in [0, 0.05) is 0 Å². The Bertz CT molecular complexity index is 427. The van der Waals surface area contributed by atoms with Crippen LogP contribution in [0, 0.1) is 0 Å². The van der Waals surface area contributed by atoms with E-state index in [1.165, 1.54) is 10.9 Å². The van der Waals surface area contributed by atoms with Crippen molar-refractivity contribution in [2.75, 3.05) is 14.1 Å². The zero-order chi connectivity index (χ0) is 13.0. The molecule has 1 unspecified atom stereocenters. The predicted molar refractivity (Wildman–Crippen MR) is 81.1 cm³/mol.